The average Bonchev–Trinajstić information content (AvgIpc) is 4.01. The molecule has 2 fully saturated rings. The summed E-state index contributed by atoms with van der Waals surface area (Å²) in [6, 6.07) is -1.53. The number of carbonyl (C=O) groups is 10. The van der Waals surface area contributed by atoms with Gasteiger partial charge in [-0.25, -0.2) is 4.68 Å². The Bertz CT molecular complexity index is 2040. The molecule has 0 aromatic carbocycles. The molecule has 1 aromatic rings. The number of likely N-dealkylation sites (tertiary alicyclic amines) is 2. The van der Waals surface area contributed by atoms with Crippen LogP contribution in [0.5, 0.6) is 0 Å². The van der Waals surface area contributed by atoms with E-state index in [4.69, 9.17) is 12.0 Å². The van der Waals surface area contributed by atoms with Gasteiger partial charge < -0.3 is 31.9 Å². The van der Waals surface area contributed by atoms with E-state index in [1.165, 1.54) is 48.5 Å². The first-order chi connectivity index (χ1) is 34.0. The van der Waals surface area contributed by atoms with Crippen LogP contribution in [-0.2, 0) is 60.9 Å². The van der Waals surface area contributed by atoms with Crippen LogP contribution >= 0.6 is 23.5 Å². The quantitative estimate of drug-likeness (QED) is 0.0150. The van der Waals surface area contributed by atoms with Gasteiger partial charge in [0.1, 0.15) is 25.2 Å². The Kier molecular flexibility index (Phi) is 32.3. The van der Waals surface area contributed by atoms with E-state index >= 15 is 0 Å². The van der Waals surface area contributed by atoms with Gasteiger partial charge >= 0.3 is 0 Å². The molecule has 1 aromatic heterocycles. The third kappa shape index (κ3) is 24.9. The van der Waals surface area contributed by atoms with Crippen molar-refractivity contribution in [3.8, 4) is 12.3 Å². The maximum Gasteiger partial charge on any atom is 0.242 e. The van der Waals surface area contributed by atoms with E-state index in [0.717, 1.165) is 9.80 Å². The summed E-state index contributed by atoms with van der Waals surface area (Å²) in [5.74, 6) is -1.07. The fraction of sp³-hybridized carbons (Fsp3) is 0.674. The number of unbranched alkanes of at least 4 members (excludes halogenated alkanes) is 3. The molecule has 0 aliphatic carbocycles. The Morgan fingerprint density at radius 3 is 1.68 bits per heavy atom. The normalized spacial score (nSPS) is 15.7. The van der Waals surface area contributed by atoms with Gasteiger partial charge in [-0.2, -0.15) is 23.5 Å². The number of rotatable bonds is 30. The predicted molar refractivity (Wildman–Crippen MR) is 260 cm³/mol. The molecule has 394 valence electrons. The largest absolute Gasteiger partial charge is 0.357 e. The van der Waals surface area contributed by atoms with Gasteiger partial charge in [0.25, 0.3) is 0 Å². The van der Waals surface area contributed by atoms with Crippen LogP contribution in [0.3, 0.4) is 0 Å². The molecule has 3 heterocycles. The van der Waals surface area contributed by atoms with Gasteiger partial charge in [0.05, 0.1) is 29.5 Å². The summed E-state index contributed by atoms with van der Waals surface area (Å²) < 4.78 is 24.7. The Morgan fingerprint density at radius 2 is 1.28 bits per heavy atom. The summed E-state index contributed by atoms with van der Waals surface area (Å²) in [5.41, 5.74) is 8.63. The minimum Gasteiger partial charge on any atom is -0.357 e. The number of hydrogen-bond acceptors (Lipinski definition) is 15. The molecule has 3 rings (SSSR count). The minimum atomic E-state index is -0.767. The number of nitrogens with one attached hydrogen (secondary N) is 6. The zero-order valence-electron chi connectivity index (χ0n) is 40.5. The lowest BCUT2D eigenvalue weighted by molar-refractivity contribution is -0.140. The number of halogens is 2. The summed E-state index contributed by atoms with van der Waals surface area (Å²) in [7, 11) is 2.93. The molecule has 0 spiro atoms. The van der Waals surface area contributed by atoms with E-state index in [-0.39, 0.29) is 106 Å². The fourth-order valence-electron chi connectivity index (χ4n) is 6.54. The van der Waals surface area contributed by atoms with E-state index in [2.05, 4.69) is 58.2 Å². The summed E-state index contributed by atoms with van der Waals surface area (Å²) in [6.07, 6.45) is 14.1. The van der Waals surface area contributed by atoms with Crippen LogP contribution in [0, 0.1) is 12.3 Å². The Balaban J connectivity index is 0.000000642. The third-order valence-electron chi connectivity index (χ3n) is 10.4. The zero-order chi connectivity index (χ0) is 53.1. The molecule has 2 unspecified atom stereocenters. The molecule has 2 aliphatic rings. The van der Waals surface area contributed by atoms with Crippen molar-refractivity contribution in [2.24, 2.45) is 5.11 Å². The van der Waals surface area contributed by atoms with Crippen LogP contribution < -0.4 is 31.9 Å². The van der Waals surface area contributed by atoms with E-state index < -0.39 is 47.0 Å². The molecular formula is C43H66F2N14O10S2. The number of aryl methyl sites for hydroxylation is 1. The number of alkyl halides is 2. The topological polar surface area (TPSA) is 329 Å². The third-order valence-corrected chi connectivity index (χ3v) is 12.2. The van der Waals surface area contributed by atoms with Gasteiger partial charge in [-0.05, 0) is 63.0 Å². The highest BCUT2D eigenvalue weighted by Crippen LogP contribution is 2.24. The van der Waals surface area contributed by atoms with Crippen LogP contribution in [0.1, 0.15) is 82.7 Å². The van der Waals surface area contributed by atoms with Crippen molar-refractivity contribution >= 4 is 82.6 Å². The fourth-order valence-corrected chi connectivity index (χ4v) is 7.82. The molecule has 6 N–H and O–H groups in total. The maximum absolute atomic E-state index is 12.4. The number of azide groups is 1. The van der Waals surface area contributed by atoms with E-state index in [0.29, 0.717) is 70.2 Å². The molecule has 2 aliphatic heterocycles. The second-order valence-electron chi connectivity index (χ2n) is 15.5. The van der Waals surface area contributed by atoms with Crippen LogP contribution in [-0.4, -0.2) is 179 Å². The van der Waals surface area contributed by atoms with Crippen molar-refractivity contribution in [3.05, 3.63) is 22.3 Å². The van der Waals surface area contributed by atoms with Crippen LogP contribution in [0.4, 0.5) is 8.78 Å². The Hall–Kier alpha value is -6.33. The lowest BCUT2D eigenvalue weighted by Gasteiger charge is -2.19. The number of imide groups is 2. The van der Waals surface area contributed by atoms with Crippen molar-refractivity contribution < 1.29 is 56.7 Å². The first-order valence-electron chi connectivity index (χ1n) is 22.8. The van der Waals surface area contributed by atoms with E-state index in [9.17, 15) is 56.7 Å². The van der Waals surface area contributed by atoms with Gasteiger partial charge in [0, 0.05) is 89.9 Å². The molecule has 4 atom stereocenters. The molecule has 10 amide bonds. The Labute approximate surface area is 419 Å². The van der Waals surface area contributed by atoms with Gasteiger partial charge in [0.15, 0.2) is 0 Å². The van der Waals surface area contributed by atoms with Crippen LogP contribution in [0.2, 0.25) is 0 Å². The number of carbonyl (C=O) groups excluding carboxylic acids is 10. The highest BCUT2D eigenvalue weighted by molar-refractivity contribution is 8.00. The van der Waals surface area contributed by atoms with Gasteiger partial charge in [-0.3, -0.25) is 66.5 Å². The Morgan fingerprint density at radius 1 is 0.789 bits per heavy atom. The van der Waals surface area contributed by atoms with Crippen molar-refractivity contribution in [2.45, 2.75) is 113 Å². The van der Waals surface area contributed by atoms with Gasteiger partial charge in [0.2, 0.25) is 59.1 Å². The predicted octanol–water partition coefficient (Wildman–Crippen LogP) is 0.252. The zero-order valence-corrected chi connectivity index (χ0v) is 42.2. The van der Waals surface area contributed by atoms with Gasteiger partial charge in [-0.15, -0.1) is 17.4 Å². The lowest BCUT2D eigenvalue weighted by Crippen LogP contribution is -2.46. The SMILES string of the molecule is C#CCCCF.CNC(=O)[C@H](CCCCNC(=O)CN=[N+]=[N-])NC(=O)CCN1C(=O)CC(SC)C1=O.CNC(=O)[C@H](CCCCNC(=O)Cn1cc(CCF)nn1)NC(=O)CCN1C(=O)CC(SC)C1=O. The molecule has 0 bridgehead atoms. The molecule has 0 saturated carbocycles. The number of thioether (sulfide) groups is 2. The first kappa shape index (κ1) is 62.7. The minimum absolute atomic E-state index is 0.0156. The number of terminal acetylenes is 1. The molecule has 0 radical (unpaired) electrons. The van der Waals surface area contributed by atoms with Crippen LogP contribution in [0.25, 0.3) is 10.4 Å². The number of nitrogens with zero attached hydrogens (tertiary/aromatic N) is 8. The van der Waals surface area contributed by atoms with Crippen LogP contribution in [0.15, 0.2) is 11.3 Å². The molecule has 71 heavy (non-hydrogen) atoms. The standard InChI is InChI=1S/C21H32FN7O5S.C17H27N7O5S.C5H7F/c1-23-20(33)15(25-17(30)7-10-29-19(32)11-16(35-2)21(29)34)5-3-4-9-24-18(31)13-28-12-14(6-8-22)26-27-28;1-19-16(28)11(5-3-4-7-20-14(26)10-21-23-18)22-13(25)6-8-24-15(27)9-12(30-2)17(24)29;1-2-3-4-5-6/h12,15-16H,3-11,13H2,1-2H3,(H,23,33)(H,24,31)(H,25,30);11-12H,3-10H2,1-2H3,(H,19,28)(H,20,26)(H,22,25);1H,3-5H2/t15-,16?;11-,12?;/m00./s1. The number of hydrogen-bond donors (Lipinski definition) is 6. The second kappa shape index (κ2) is 36.6. The number of likely N-dealkylation sites (N-methyl/N-ethyl adjacent to an activating group) is 2. The van der Waals surface area contributed by atoms with Gasteiger partial charge in [-0.1, -0.05) is 10.3 Å². The average molecular weight is 1040 g/mol. The summed E-state index contributed by atoms with van der Waals surface area (Å²) >= 11 is 2.61. The molecule has 24 nitrogen and oxygen atoms in total. The summed E-state index contributed by atoms with van der Waals surface area (Å²) in [6.45, 7) is -0.447. The second-order valence-corrected chi connectivity index (χ2v) is 17.6. The maximum atomic E-state index is 12.4. The summed E-state index contributed by atoms with van der Waals surface area (Å²) in [4.78, 5) is 125. The highest BCUT2D eigenvalue weighted by atomic mass is 32.2. The molecule has 28 heteroatoms. The number of amides is 10. The number of aromatic nitrogens is 3. The lowest BCUT2D eigenvalue weighted by atomic mass is 10.1. The van der Waals surface area contributed by atoms with E-state index in [1.54, 1.807) is 12.5 Å². The molecular weight excluding hydrogens is 975 g/mol. The van der Waals surface area contributed by atoms with Crippen molar-refractivity contribution in [3.63, 3.8) is 0 Å². The molecule has 2 saturated heterocycles. The summed E-state index contributed by atoms with van der Waals surface area (Å²) in [5, 5.41) is 25.5. The first-order valence-corrected chi connectivity index (χ1v) is 25.4. The van der Waals surface area contributed by atoms with E-state index in [1.807, 2.05) is 0 Å². The highest BCUT2D eigenvalue weighted by Gasteiger charge is 2.39. The smallest absolute Gasteiger partial charge is 0.242 e. The van der Waals surface area contributed by atoms with Crippen molar-refractivity contribution in [2.75, 3.05) is 72.7 Å². The van der Waals surface area contributed by atoms with Crippen molar-refractivity contribution in [1.82, 2.24) is 56.7 Å². The monoisotopic (exact) mass is 1040 g/mol. The van der Waals surface area contributed by atoms with Crippen molar-refractivity contribution in [1.29, 1.82) is 0 Å².